The minimum Gasteiger partial charge on any atom is -0.396 e. The summed E-state index contributed by atoms with van der Waals surface area (Å²) in [5.41, 5.74) is 6.09. The van der Waals surface area contributed by atoms with E-state index in [-0.39, 0.29) is 28.2 Å². The topological polar surface area (TPSA) is 89.3 Å². The molecule has 0 aliphatic heterocycles. The molecule has 0 amide bonds. The van der Waals surface area contributed by atoms with Gasteiger partial charge in [-0.1, -0.05) is 13.8 Å². The number of nitrogens with one attached hydrogen (secondary N) is 1. The van der Waals surface area contributed by atoms with Gasteiger partial charge >= 0.3 is 0 Å². The first-order valence-electron chi connectivity index (χ1n) is 7.26. The Morgan fingerprint density at radius 3 is 2.52 bits per heavy atom. The van der Waals surface area contributed by atoms with Gasteiger partial charge in [0.25, 0.3) is 0 Å². The van der Waals surface area contributed by atoms with Crippen LogP contribution in [0.3, 0.4) is 0 Å². The lowest BCUT2D eigenvalue weighted by atomic mass is 10.2. The van der Waals surface area contributed by atoms with Crippen molar-refractivity contribution in [2.24, 2.45) is 5.92 Å². The van der Waals surface area contributed by atoms with E-state index in [1.807, 2.05) is 6.92 Å². The Kier molecular flexibility index (Phi) is 4.63. The minimum atomic E-state index is -3.46. The number of Topliss-reactive ketones (excluding diaryl/α,β-unsaturated/α-hetero) is 1. The Balaban J connectivity index is 2.48. The maximum Gasteiger partial charge on any atom is 0.183 e. The predicted molar refractivity (Wildman–Crippen MR) is 86.9 cm³/mol. The molecule has 1 atom stereocenters. The lowest BCUT2D eigenvalue weighted by molar-refractivity contribution is 0.0992. The van der Waals surface area contributed by atoms with Gasteiger partial charge in [-0.2, -0.15) is 0 Å². The molecule has 0 bridgehead atoms. The van der Waals surface area contributed by atoms with E-state index in [9.17, 15) is 13.2 Å². The maximum atomic E-state index is 12.3. The van der Waals surface area contributed by atoms with E-state index in [1.54, 1.807) is 13.8 Å². The van der Waals surface area contributed by atoms with Crippen LogP contribution in [-0.4, -0.2) is 26.0 Å². The third-order valence-electron chi connectivity index (χ3n) is 3.85. The highest BCUT2D eigenvalue weighted by Crippen LogP contribution is 2.42. The summed E-state index contributed by atoms with van der Waals surface area (Å²) in [6, 6.07) is 0.193. The summed E-state index contributed by atoms with van der Waals surface area (Å²) in [6.07, 6.45) is 2.63. The van der Waals surface area contributed by atoms with E-state index in [1.165, 1.54) is 11.3 Å². The first-order chi connectivity index (χ1) is 9.81. The van der Waals surface area contributed by atoms with Gasteiger partial charge in [0.1, 0.15) is 9.90 Å². The molecule has 0 radical (unpaired) electrons. The Bertz CT molecular complexity index is 645. The van der Waals surface area contributed by atoms with Gasteiger partial charge in [0.05, 0.1) is 16.3 Å². The molecule has 1 fully saturated rings. The van der Waals surface area contributed by atoms with Crippen LogP contribution in [0.25, 0.3) is 0 Å². The average Bonchev–Trinajstić information content (AvgIpc) is 3.23. The molecule has 1 aliphatic carbocycles. The zero-order chi connectivity index (χ0) is 15.8. The molecule has 7 heteroatoms. The molecule has 1 aromatic rings. The fourth-order valence-corrected chi connectivity index (χ4v) is 5.02. The van der Waals surface area contributed by atoms with Crippen LogP contribution in [-0.2, 0) is 9.84 Å². The van der Waals surface area contributed by atoms with E-state index in [4.69, 9.17) is 5.73 Å². The number of anilines is 2. The largest absolute Gasteiger partial charge is 0.396 e. The third kappa shape index (κ3) is 3.23. The van der Waals surface area contributed by atoms with Crippen molar-refractivity contribution in [3.8, 4) is 0 Å². The predicted octanol–water partition coefficient (Wildman–Crippen LogP) is 2.93. The molecule has 1 heterocycles. The van der Waals surface area contributed by atoms with Gasteiger partial charge in [0, 0.05) is 12.5 Å². The van der Waals surface area contributed by atoms with Gasteiger partial charge in [0.2, 0.25) is 0 Å². The molecule has 118 valence electrons. The van der Waals surface area contributed by atoms with Crippen molar-refractivity contribution in [3.05, 3.63) is 4.88 Å². The Morgan fingerprint density at radius 2 is 2.05 bits per heavy atom. The number of hydrogen-bond acceptors (Lipinski definition) is 6. The molecular weight excluding hydrogens is 308 g/mol. The van der Waals surface area contributed by atoms with Crippen LogP contribution < -0.4 is 11.1 Å². The molecular formula is C14H22N2O3S2. The van der Waals surface area contributed by atoms with Crippen LogP contribution in [0.15, 0.2) is 4.90 Å². The molecule has 0 spiro atoms. The standard InChI is InChI=1S/C14H22N2O3S2/c1-4-10(17)12-11(15)13(21(18,19)5-2)14(20-12)16-8(3)9-6-7-9/h8-9,16H,4-7,15H2,1-3H3. The maximum absolute atomic E-state index is 12.3. The fourth-order valence-electron chi connectivity index (χ4n) is 2.27. The van der Waals surface area contributed by atoms with E-state index >= 15 is 0 Å². The number of thiophene rings is 1. The highest BCUT2D eigenvalue weighted by atomic mass is 32.2. The van der Waals surface area contributed by atoms with Crippen molar-refractivity contribution < 1.29 is 13.2 Å². The normalized spacial score (nSPS) is 16.7. The quantitative estimate of drug-likeness (QED) is 0.750. The van der Waals surface area contributed by atoms with Crippen LogP contribution in [0.2, 0.25) is 0 Å². The first-order valence-corrected chi connectivity index (χ1v) is 9.73. The van der Waals surface area contributed by atoms with Gasteiger partial charge in [-0.05, 0) is 25.7 Å². The first kappa shape index (κ1) is 16.3. The highest BCUT2D eigenvalue weighted by Gasteiger charge is 2.32. The van der Waals surface area contributed by atoms with Crippen molar-refractivity contribution in [2.45, 2.75) is 51.0 Å². The van der Waals surface area contributed by atoms with Crippen LogP contribution in [0.5, 0.6) is 0 Å². The summed E-state index contributed by atoms with van der Waals surface area (Å²) in [7, 11) is -3.46. The number of carbonyl (C=O) groups is 1. The third-order valence-corrected chi connectivity index (χ3v) is 6.97. The van der Waals surface area contributed by atoms with Crippen molar-refractivity contribution in [3.63, 3.8) is 0 Å². The Labute approximate surface area is 129 Å². The van der Waals surface area contributed by atoms with Gasteiger partial charge in [-0.15, -0.1) is 11.3 Å². The molecule has 21 heavy (non-hydrogen) atoms. The Hall–Kier alpha value is -1.08. The van der Waals surface area contributed by atoms with Crippen LogP contribution >= 0.6 is 11.3 Å². The zero-order valence-corrected chi connectivity index (χ0v) is 14.2. The second-order valence-corrected chi connectivity index (χ2v) is 8.69. The van der Waals surface area contributed by atoms with E-state index < -0.39 is 9.84 Å². The Morgan fingerprint density at radius 1 is 1.43 bits per heavy atom. The monoisotopic (exact) mass is 330 g/mol. The van der Waals surface area contributed by atoms with Crippen LogP contribution in [0.1, 0.15) is 49.7 Å². The van der Waals surface area contributed by atoms with Gasteiger partial charge in [0.15, 0.2) is 15.6 Å². The lowest BCUT2D eigenvalue weighted by Gasteiger charge is -2.14. The van der Waals surface area contributed by atoms with E-state index in [2.05, 4.69) is 5.32 Å². The van der Waals surface area contributed by atoms with Crippen LogP contribution in [0.4, 0.5) is 10.7 Å². The average molecular weight is 330 g/mol. The van der Waals surface area contributed by atoms with Gasteiger partial charge in [-0.25, -0.2) is 8.42 Å². The number of nitrogens with two attached hydrogens (primary N) is 1. The summed E-state index contributed by atoms with van der Waals surface area (Å²) in [4.78, 5) is 12.4. The number of sulfone groups is 1. The number of carbonyl (C=O) groups excluding carboxylic acids is 1. The second-order valence-electron chi connectivity index (χ2n) is 5.45. The number of rotatable bonds is 7. The van der Waals surface area contributed by atoms with Crippen molar-refractivity contribution in [1.82, 2.24) is 0 Å². The minimum absolute atomic E-state index is 0.0276. The molecule has 1 aromatic heterocycles. The number of ketones is 1. The number of hydrogen-bond donors (Lipinski definition) is 2. The summed E-state index contributed by atoms with van der Waals surface area (Å²) >= 11 is 1.17. The van der Waals surface area contributed by atoms with Crippen molar-refractivity contribution >= 4 is 37.6 Å². The molecule has 1 unspecified atom stereocenters. The van der Waals surface area contributed by atoms with Crippen molar-refractivity contribution in [1.29, 1.82) is 0 Å². The van der Waals surface area contributed by atoms with Crippen molar-refractivity contribution in [2.75, 3.05) is 16.8 Å². The van der Waals surface area contributed by atoms with Gasteiger partial charge < -0.3 is 11.1 Å². The summed E-state index contributed by atoms with van der Waals surface area (Å²) < 4.78 is 24.6. The zero-order valence-electron chi connectivity index (χ0n) is 12.6. The lowest BCUT2D eigenvalue weighted by Crippen LogP contribution is -2.18. The molecule has 1 saturated carbocycles. The molecule has 5 nitrogen and oxygen atoms in total. The second kappa shape index (κ2) is 5.96. The molecule has 0 saturated heterocycles. The van der Waals surface area contributed by atoms with E-state index in [0.717, 1.165) is 12.8 Å². The smallest absolute Gasteiger partial charge is 0.183 e. The van der Waals surface area contributed by atoms with Gasteiger partial charge in [-0.3, -0.25) is 4.79 Å². The molecule has 3 N–H and O–H groups in total. The fraction of sp³-hybridized carbons (Fsp3) is 0.643. The van der Waals surface area contributed by atoms with E-state index in [0.29, 0.717) is 22.2 Å². The number of nitrogen functional groups attached to an aromatic ring is 1. The summed E-state index contributed by atoms with van der Waals surface area (Å²) in [5.74, 6) is 0.438. The summed E-state index contributed by atoms with van der Waals surface area (Å²) in [6.45, 7) is 5.37. The highest BCUT2D eigenvalue weighted by molar-refractivity contribution is 7.92. The molecule has 0 aromatic carbocycles. The summed E-state index contributed by atoms with van der Waals surface area (Å²) in [5, 5.41) is 3.78. The molecule has 2 rings (SSSR count). The molecule has 1 aliphatic rings. The SMILES string of the molecule is CCC(=O)c1sc(NC(C)C2CC2)c(S(=O)(=O)CC)c1N. The van der Waals surface area contributed by atoms with Crippen LogP contribution in [0, 0.1) is 5.92 Å².